The molecule has 1 saturated carbocycles. The van der Waals surface area contributed by atoms with Crippen LogP contribution in [0.3, 0.4) is 0 Å². The molecule has 0 radical (unpaired) electrons. The first-order valence-electron chi connectivity index (χ1n) is 12.8. The molecule has 0 spiro atoms. The Labute approximate surface area is 222 Å². The number of benzene rings is 2. The van der Waals surface area contributed by atoms with Gasteiger partial charge in [0.25, 0.3) is 0 Å². The molecule has 38 heavy (non-hydrogen) atoms. The minimum Gasteiger partial charge on any atom is -0.497 e. The van der Waals surface area contributed by atoms with Gasteiger partial charge in [-0.05, 0) is 62.6 Å². The van der Waals surface area contributed by atoms with Crippen molar-refractivity contribution in [2.75, 3.05) is 27.4 Å². The van der Waals surface area contributed by atoms with Gasteiger partial charge in [0.05, 0.1) is 38.9 Å². The number of nitrogens with zero attached hydrogens (tertiary/aromatic N) is 1. The molecular weight excluding hydrogens is 486 g/mol. The number of methoxy groups -OCH3 is 2. The highest BCUT2D eigenvalue weighted by molar-refractivity contribution is 6.17. The monoisotopic (exact) mass is 519 g/mol. The van der Waals surface area contributed by atoms with Crippen molar-refractivity contribution in [3.8, 4) is 11.5 Å². The lowest BCUT2D eigenvalue weighted by Crippen LogP contribution is -2.48. The first-order chi connectivity index (χ1) is 18.3. The van der Waals surface area contributed by atoms with E-state index in [1.165, 1.54) is 0 Å². The first kappa shape index (κ1) is 27.1. The van der Waals surface area contributed by atoms with Crippen LogP contribution in [0.5, 0.6) is 11.5 Å². The van der Waals surface area contributed by atoms with Crippen molar-refractivity contribution in [1.29, 1.82) is 0 Å². The molecule has 2 aromatic carbocycles. The zero-order valence-corrected chi connectivity index (χ0v) is 22.4. The van der Waals surface area contributed by atoms with Crippen LogP contribution in [0, 0.1) is 11.8 Å². The summed E-state index contributed by atoms with van der Waals surface area (Å²) >= 11 is 0. The van der Waals surface area contributed by atoms with E-state index < -0.39 is 35.6 Å². The Hall–Kier alpha value is -3.94. The number of ketones is 1. The van der Waals surface area contributed by atoms with Crippen LogP contribution in [0.25, 0.3) is 0 Å². The van der Waals surface area contributed by atoms with Gasteiger partial charge < -0.3 is 18.9 Å². The van der Waals surface area contributed by atoms with Gasteiger partial charge >= 0.3 is 11.9 Å². The maximum Gasteiger partial charge on any atom is 0.336 e. The summed E-state index contributed by atoms with van der Waals surface area (Å²) < 4.78 is 21.5. The van der Waals surface area contributed by atoms with Crippen LogP contribution in [0.4, 0.5) is 0 Å². The molecule has 8 heteroatoms. The number of esters is 2. The van der Waals surface area contributed by atoms with Crippen LogP contribution in [0.15, 0.2) is 64.8 Å². The van der Waals surface area contributed by atoms with Crippen molar-refractivity contribution in [3.63, 3.8) is 0 Å². The van der Waals surface area contributed by atoms with Crippen molar-refractivity contribution < 1.29 is 33.3 Å². The molecule has 1 aliphatic carbocycles. The Kier molecular flexibility index (Phi) is 8.29. The van der Waals surface area contributed by atoms with E-state index in [1.807, 2.05) is 30.3 Å². The summed E-state index contributed by atoms with van der Waals surface area (Å²) in [6, 6.07) is 14.6. The van der Waals surface area contributed by atoms with Crippen molar-refractivity contribution >= 4 is 23.4 Å². The third-order valence-corrected chi connectivity index (χ3v) is 7.18. The number of carbonyl (C=O) groups is 3. The van der Waals surface area contributed by atoms with Gasteiger partial charge in [-0.2, -0.15) is 0 Å². The van der Waals surface area contributed by atoms with E-state index in [0.29, 0.717) is 40.5 Å². The highest BCUT2D eigenvalue weighted by Gasteiger charge is 2.53. The number of fused-ring (bicyclic) bond motifs is 1. The van der Waals surface area contributed by atoms with Crippen LogP contribution < -0.4 is 9.47 Å². The summed E-state index contributed by atoms with van der Waals surface area (Å²) in [7, 11) is 3.14. The van der Waals surface area contributed by atoms with Gasteiger partial charge in [0, 0.05) is 23.2 Å². The summed E-state index contributed by atoms with van der Waals surface area (Å²) in [5, 5.41) is 0. The molecular formula is C30H33NO7. The average molecular weight is 520 g/mol. The van der Waals surface area contributed by atoms with Crippen LogP contribution in [0.1, 0.15) is 50.2 Å². The van der Waals surface area contributed by atoms with Gasteiger partial charge in [-0.3, -0.25) is 14.6 Å². The number of allylic oxidation sites excluding steroid dienone is 1. The number of hydrogen-bond acceptors (Lipinski definition) is 8. The van der Waals surface area contributed by atoms with Crippen molar-refractivity contribution in [2.45, 2.75) is 39.0 Å². The fraction of sp³-hybridized carbons (Fsp3) is 0.400. The Morgan fingerprint density at radius 2 is 1.58 bits per heavy atom. The average Bonchev–Trinajstić information content (AvgIpc) is 2.92. The number of carbonyl (C=O) groups excluding carboxylic acids is 3. The molecule has 1 heterocycles. The highest BCUT2D eigenvalue weighted by Crippen LogP contribution is 2.48. The largest absolute Gasteiger partial charge is 0.497 e. The minimum atomic E-state index is -1.05. The Morgan fingerprint density at radius 1 is 0.895 bits per heavy atom. The number of aliphatic imine (C=N–C) groups is 1. The van der Waals surface area contributed by atoms with Crippen molar-refractivity contribution in [2.24, 2.45) is 16.8 Å². The van der Waals surface area contributed by atoms with Gasteiger partial charge in [0.15, 0.2) is 5.78 Å². The van der Waals surface area contributed by atoms with Gasteiger partial charge in [-0.25, -0.2) is 4.79 Å². The van der Waals surface area contributed by atoms with Crippen molar-refractivity contribution in [3.05, 3.63) is 70.9 Å². The summed E-state index contributed by atoms with van der Waals surface area (Å²) in [4.78, 5) is 45.6. The summed E-state index contributed by atoms with van der Waals surface area (Å²) in [6.45, 7) is 5.53. The predicted molar refractivity (Wildman–Crippen MR) is 141 cm³/mol. The van der Waals surface area contributed by atoms with Crippen LogP contribution in [0.2, 0.25) is 0 Å². The normalized spacial score (nSPS) is 22.8. The third kappa shape index (κ3) is 5.08. The lowest BCUT2D eigenvalue weighted by Gasteiger charge is -2.41. The lowest BCUT2D eigenvalue weighted by atomic mass is 9.62. The van der Waals surface area contributed by atoms with E-state index in [-0.39, 0.29) is 19.0 Å². The number of hydrogen-bond donors (Lipinski definition) is 0. The standard InChI is InChI=1S/C30H33NO7/c1-6-37-29(33)24-17(3)31-23-16-22(18-11-13-20(35-4)14-12-18)26(30(34)38-7-2)28(32)27(23)25(24)19-9-8-10-21(15-19)36-5/h8-15,22,25-27H,6-7,16H2,1-5H3/t22-,25-,26-,27?/m1/s1. The molecule has 4 rings (SSSR count). The second-order valence-corrected chi connectivity index (χ2v) is 9.27. The molecule has 0 amide bonds. The Bertz CT molecular complexity index is 1280. The second-order valence-electron chi connectivity index (χ2n) is 9.27. The molecule has 0 aromatic heterocycles. The van der Waals surface area contributed by atoms with E-state index in [1.54, 1.807) is 53.2 Å². The molecule has 4 atom stereocenters. The van der Waals surface area contributed by atoms with Gasteiger partial charge in [0.1, 0.15) is 17.4 Å². The van der Waals surface area contributed by atoms with E-state index >= 15 is 0 Å². The number of rotatable bonds is 8. The Balaban J connectivity index is 1.88. The zero-order chi connectivity index (χ0) is 27.4. The van der Waals surface area contributed by atoms with Crippen LogP contribution in [-0.4, -0.2) is 50.9 Å². The SMILES string of the molecule is CCOC(=O)C1=C(C)N=C2C[C@H](c3ccc(OC)cc3)[C@@H](C(=O)OCC)C(=O)C2[C@@H]1c1cccc(OC)c1. The smallest absolute Gasteiger partial charge is 0.336 e. The molecule has 8 nitrogen and oxygen atoms in total. The second kappa shape index (κ2) is 11.6. The summed E-state index contributed by atoms with van der Waals surface area (Å²) in [6.07, 6.45) is 0.361. The maximum absolute atomic E-state index is 14.3. The molecule has 200 valence electrons. The topological polar surface area (TPSA) is 100 Å². The van der Waals surface area contributed by atoms with Gasteiger partial charge in [-0.15, -0.1) is 0 Å². The molecule has 1 fully saturated rings. The fourth-order valence-corrected chi connectivity index (χ4v) is 5.52. The summed E-state index contributed by atoms with van der Waals surface area (Å²) in [5.41, 5.74) is 2.97. The molecule has 2 aromatic rings. The molecule has 2 aliphatic rings. The van der Waals surface area contributed by atoms with Gasteiger partial charge in [0.2, 0.25) is 0 Å². The van der Waals surface area contributed by atoms with E-state index in [0.717, 1.165) is 5.56 Å². The van der Waals surface area contributed by atoms with Crippen LogP contribution in [-0.2, 0) is 23.9 Å². The zero-order valence-electron chi connectivity index (χ0n) is 22.4. The maximum atomic E-state index is 14.3. The lowest BCUT2D eigenvalue weighted by molar-refractivity contribution is -0.153. The quantitative estimate of drug-likeness (QED) is 0.370. The van der Waals surface area contributed by atoms with Gasteiger partial charge in [-0.1, -0.05) is 24.3 Å². The van der Waals surface area contributed by atoms with E-state index in [2.05, 4.69) is 0 Å². The number of ether oxygens (including phenoxy) is 4. The van der Waals surface area contributed by atoms with E-state index in [9.17, 15) is 14.4 Å². The highest BCUT2D eigenvalue weighted by atomic mass is 16.5. The molecule has 0 N–H and O–H groups in total. The molecule has 0 bridgehead atoms. The molecule has 0 saturated heterocycles. The van der Waals surface area contributed by atoms with Crippen molar-refractivity contribution in [1.82, 2.24) is 0 Å². The van der Waals surface area contributed by atoms with E-state index in [4.69, 9.17) is 23.9 Å². The predicted octanol–water partition coefficient (Wildman–Crippen LogP) is 4.63. The number of Topliss-reactive ketones (excluding diaryl/α,β-unsaturated/α-hetero) is 1. The fourth-order valence-electron chi connectivity index (χ4n) is 5.52. The summed E-state index contributed by atoms with van der Waals surface area (Å²) in [5.74, 6) is -3.19. The van der Waals surface area contributed by atoms with Crippen LogP contribution >= 0.6 is 0 Å². The Morgan fingerprint density at radius 3 is 2.21 bits per heavy atom. The molecule has 1 unspecified atom stereocenters. The minimum absolute atomic E-state index is 0.149. The first-order valence-corrected chi connectivity index (χ1v) is 12.8. The third-order valence-electron chi connectivity index (χ3n) is 7.18. The molecule has 1 aliphatic heterocycles.